The number of carbonyl (C=O) groups is 5. The van der Waals surface area contributed by atoms with Crippen molar-refractivity contribution in [3.63, 3.8) is 0 Å². The SMILES string of the molecule is CN1CCN([C@@H]2CCCN(c3nnc(C(N)=O)c(Nc4ccc(N5CCN(CC#Cc6ccc(C(=O)NC7CCC(=O)NC7=O)nc6)CC5)c(F)c4)n3)C2)C1=O. The maximum Gasteiger partial charge on any atom is 0.320 e. The van der Waals surface area contributed by atoms with Crippen LogP contribution in [0.1, 0.15) is 52.2 Å². The summed E-state index contributed by atoms with van der Waals surface area (Å²) in [5.41, 5.74) is 6.96. The predicted molar refractivity (Wildman–Crippen MR) is 201 cm³/mol. The van der Waals surface area contributed by atoms with E-state index in [0.717, 1.165) is 12.8 Å². The van der Waals surface area contributed by atoms with Gasteiger partial charge in [0.2, 0.25) is 17.8 Å². The van der Waals surface area contributed by atoms with E-state index in [-0.39, 0.29) is 54.0 Å². The van der Waals surface area contributed by atoms with Gasteiger partial charge in [0.1, 0.15) is 17.6 Å². The number of primary amides is 1. The molecule has 0 saturated carbocycles. The Bertz CT molecular complexity index is 2080. The Morgan fingerprint density at radius 2 is 1.82 bits per heavy atom. The van der Waals surface area contributed by atoms with Crippen LogP contribution in [0.2, 0.25) is 0 Å². The van der Waals surface area contributed by atoms with E-state index >= 15 is 4.39 Å². The highest BCUT2D eigenvalue weighted by Crippen LogP contribution is 2.28. The van der Waals surface area contributed by atoms with Crippen LogP contribution in [0.25, 0.3) is 0 Å². The molecule has 0 bridgehead atoms. The summed E-state index contributed by atoms with van der Waals surface area (Å²) in [5, 5.41) is 16.0. The smallest absolute Gasteiger partial charge is 0.320 e. The van der Waals surface area contributed by atoms with E-state index in [1.54, 1.807) is 30.1 Å². The first kappa shape index (κ1) is 37.9. The summed E-state index contributed by atoms with van der Waals surface area (Å²) in [6.45, 7) is 5.45. The Morgan fingerprint density at radius 3 is 2.52 bits per heavy atom. The number of carbonyl (C=O) groups excluding carboxylic acids is 5. The highest BCUT2D eigenvalue weighted by molar-refractivity contribution is 6.03. The van der Waals surface area contributed by atoms with Gasteiger partial charge in [0, 0.05) is 83.3 Å². The Kier molecular flexibility index (Phi) is 11.2. The van der Waals surface area contributed by atoms with Crippen molar-refractivity contribution in [3.8, 4) is 11.8 Å². The van der Waals surface area contributed by atoms with E-state index in [0.29, 0.717) is 75.8 Å². The molecule has 5 N–H and O–H groups in total. The molecule has 3 aromatic rings. The number of hydrogen-bond donors (Lipinski definition) is 4. The molecule has 7 rings (SSSR count). The van der Waals surface area contributed by atoms with E-state index < -0.39 is 29.6 Å². The van der Waals surface area contributed by atoms with Gasteiger partial charge in [-0.1, -0.05) is 11.8 Å². The molecule has 4 saturated heterocycles. The van der Waals surface area contributed by atoms with Gasteiger partial charge in [0.25, 0.3) is 11.8 Å². The highest BCUT2D eigenvalue weighted by atomic mass is 19.1. The van der Waals surface area contributed by atoms with Gasteiger partial charge < -0.3 is 36.0 Å². The molecule has 2 aromatic heterocycles. The number of nitrogens with one attached hydrogen (secondary N) is 3. The van der Waals surface area contributed by atoms with Crippen molar-refractivity contribution < 1.29 is 28.4 Å². The highest BCUT2D eigenvalue weighted by Gasteiger charge is 2.35. The van der Waals surface area contributed by atoms with E-state index in [1.807, 2.05) is 14.7 Å². The molecule has 19 heteroatoms. The van der Waals surface area contributed by atoms with Crippen LogP contribution in [0.5, 0.6) is 0 Å². The molecule has 1 aromatic carbocycles. The lowest BCUT2D eigenvalue weighted by Gasteiger charge is -2.37. The zero-order chi connectivity index (χ0) is 39.3. The lowest BCUT2D eigenvalue weighted by atomic mass is 10.0. The van der Waals surface area contributed by atoms with Crippen molar-refractivity contribution in [2.45, 2.75) is 37.8 Å². The third kappa shape index (κ3) is 8.60. The van der Waals surface area contributed by atoms with Crippen molar-refractivity contribution in [2.24, 2.45) is 5.73 Å². The second kappa shape index (κ2) is 16.5. The zero-order valence-corrected chi connectivity index (χ0v) is 30.8. The molecule has 4 aliphatic rings. The summed E-state index contributed by atoms with van der Waals surface area (Å²) >= 11 is 0. The number of urea groups is 1. The molecule has 1 unspecified atom stereocenters. The van der Waals surface area contributed by atoms with Gasteiger partial charge >= 0.3 is 6.03 Å². The van der Waals surface area contributed by atoms with Crippen molar-refractivity contribution in [3.05, 3.63) is 59.3 Å². The summed E-state index contributed by atoms with van der Waals surface area (Å²) < 4.78 is 15.6. The van der Waals surface area contributed by atoms with Crippen molar-refractivity contribution in [1.82, 2.24) is 45.5 Å². The Hall–Kier alpha value is -6.42. The van der Waals surface area contributed by atoms with Crippen LogP contribution >= 0.6 is 0 Å². The normalized spacial score (nSPS) is 20.4. The minimum atomic E-state index is -0.830. The van der Waals surface area contributed by atoms with Gasteiger partial charge in [-0.3, -0.25) is 29.4 Å². The van der Waals surface area contributed by atoms with Gasteiger partial charge in [-0.05, 0) is 49.6 Å². The average Bonchev–Trinajstić information content (AvgIpc) is 3.53. The fraction of sp³-hybridized carbons (Fsp3) is 0.432. The standard InChI is InChI=1S/C37H42FN13O5/c1-47-14-19-51(37(47)56)25-5-3-13-50(22-25)36-44-33(31(32(39)53)45-46-36)41-24-7-10-29(26(38)20-24)49-17-15-48(16-18-49)12-2-4-23-6-8-27(40-21-23)34(54)42-28-9-11-30(52)43-35(28)55/h6-8,10,20-21,25,28H,3,5,9,11-19,22H2,1H3,(H2,39,53)(H,42,54)(H,41,44,46)(H,43,52,55)/t25-,28?/m1/s1. The van der Waals surface area contributed by atoms with Crippen LogP contribution in [0.3, 0.4) is 0 Å². The minimum Gasteiger partial charge on any atom is -0.367 e. The first-order chi connectivity index (χ1) is 27.0. The molecule has 56 heavy (non-hydrogen) atoms. The summed E-state index contributed by atoms with van der Waals surface area (Å²) in [5.74, 6) is 3.84. The summed E-state index contributed by atoms with van der Waals surface area (Å²) in [4.78, 5) is 79.0. The molecule has 6 amide bonds. The fourth-order valence-corrected chi connectivity index (χ4v) is 7.15. The number of aromatic nitrogens is 4. The zero-order valence-electron chi connectivity index (χ0n) is 30.8. The number of likely N-dealkylation sites (N-methyl/N-ethyl adjacent to an activating group) is 1. The molecule has 6 heterocycles. The molecule has 292 valence electrons. The molecule has 2 atom stereocenters. The number of pyridine rings is 1. The summed E-state index contributed by atoms with van der Waals surface area (Å²) in [6.07, 6.45) is 3.57. The number of anilines is 4. The average molecular weight is 768 g/mol. The lowest BCUT2D eigenvalue weighted by molar-refractivity contribution is -0.134. The van der Waals surface area contributed by atoms with Crippen LogP contribution in [0.4, 0.5) is 32.3 Å². The fourth-order valence-electron chi connectivity index (χ4n) is 7.15. The number of piperidine rings is 2. The largest absolute Gasteiger partial charge is 0.367 e. The van der Waals surface area contributed by atoms with Crippen molar-refractivity contribution in [1.29, 1.82) is 0 Å². The molecular weight excluding hydrogens is 725 g/mol. The van der Waals surface area contributed by atoms with Crippen molar-refractivity contribution >= 4 is 52.8 Å². The maximum atomic E-state index is 15.6. The number of nitrogens with zero attached hydrogens (tertiary/aromatic N) is 9. The van der Waals surface area contributed by atoms with Gasteiger partial charge in [-0.2, -0.15) is 4.98 Å². The monoisotopic (exact) mass is 767 g/mol. The summed E-state index contributed by atoms with van der Waals surface area (Å²) in [7, 11) is 1.79. The molecular formula is C37H42FN13O5. The Balaban J connectivity index is 0.916. The van der Waals surface area contributed by atoms with Gasteiger partial charge in [0.05, 0.1) is 18.3 Å². The second-order valence-corrected chi connectivity index (χ2v) is 14.1. The number of hydrogen-bond acceptors (Lipinski definition) is 13. The molecule has 18 nitrogen and oxygen atoms in total. The Labute approximate surface area is 322 Å². The Morgan fingerprint density at radius 1 is 1.00 bits per heavy atom. The molecule has 4 aliphatic heterocycles. The first-order valence-electron chi connectivity index (χ1n) is 18.5. The second-order valence-electron chi connectivity index (χ2n) is 14.1. The third-order valence-corrected chi connectivity index (χ3v) is 10.3. The van der Waals surface area contributed by atoms with Crippen LogP contribution in [-0.2, 0) is 9.59 Å². The first-order valence-corrected chi connectivity index (χ1v) is 18.5. The molecule has 0 radical (unpaired) electrons. The maximum absolute atomic E-state index is 15.6. The van der Waals surface area contributed by atoms with Gasteiger partial charge in [-0.15, -0.1) is 10.2 Å². The molecule has 4 fully saturated rings. The van der Waals surface area contributed by atoms with Crippen LogP contribution in [0.15, 0.2) is 36.5 Å². The number of halogens is 1. The number of benzene rings is 1. The number of rotatable bonds is 9. The molecule has 0 spiro atoms. The number of nitrogens with two attached hydrogens (primary N) is 1. The molecule has 0 aliphatic carbocycles. The third-order valence-electron chi connectivity index (χ3n) is 10.3. The number of imide groups is 1. The van der Waals surface area contributed by atoms with Crippen molar-refractivity contribution in [2.75, 3.05) is 81.1 Å². The predicted octanol–water partition coefficient (Wildman–Crippen LogP) is 0.293. The van der Waals surface area contributed by atoms with Crippen LogP contribution in [-0.4, -0.2) is 143 Å². The van der Waals surface area contributed by atoms with E-state index in [1.165, 1.54) is 18.3 Å². The van der Waals surface area contributed by atoms with Crippen LogP contribution in [0, 0.1) is 17.7 Å². The lowest BCUT2D eigenvalue weighted by Crippen LogP contribution is -2.52. The van der Waals surface area contributed by atoms with E-state index in [9.17, 15) is 24.0 Å². The number of piperazine rings is 1. The quantitative estimate of drug-likeness (QED) is 0.171. The number of amides is 6. The summed E-state index contributed by atoms with van der Waals surface area (Å²) in [6, 6.07) is 7.13. The van der Waals surface area contributed by atoms with Gasteiger partial charge in [0.15, 0.2) is 11.5 Å². The van der Waals surface area contributed by atoms with Crippen LogP contribution < -0.4 is 31.5 Å². The van der Waals surface area contributed by atoms with E-state index in [4.69, 9.17) is 5.73 Å². The minimum absolute atomic E-state index is 0.00132. The topological polar surface area (TPSA) is 215 Å². The van der Waals surface area contributed by atoms with Gasteiger partial charge in [-0.25, -0.2) is 14.2 Å². The van der Waals surface area contributed by atoms with E-state index in [2.05, 4.69) is 52.9 Å².